The van der Waals surface area contributed by atoms with Gasteiger partial charge in [-0.2, -0.15) is 0 Å². The highest BCUT2D eigenvalue weighted by Crippen LogP contribution is 2.23. The lowest BCUT2D eigenvalue weighted by Crippen LogP contribution is -2.32. The molecule has 1 amide bonds. The number of rotatable bonds is 7. The summed E-state index contributed by atoms with van der Waals surface area (Å²) < 4.78 is 10.9. The smallest absolute Gasteiger partial charge is 0.258 e. The van der Waals surface area contributed by atoms with Crippen LogP contribution in [0.5, 0.6) is 11.5 Å². The summed E-state index contributed by atoms with van der Waals surface area (Å²) in [4.78, 5) is 11.7. The molecule has 0 aliphatic carbocycles. The van der Waals surface area contributed by atoms with Gasteiger partial charge in [-0.25, -0.2) is 0 Å². The zero-order valence-corrected chi connectivity index (χ0v) is 14.2. The van der Waals surface area contributed by atoms with E-state index >= 15 is 0 Å². The molecule has 6 heteroatoms. The zero-order chi connectivity index (χ0) is 16.7. The second-order valence-electron chi connectivity index (χ2n) is 4.83. The summed E-state index contributed by atoms with van der Waals surface area (Å²) in [5.74, 6) is 0.978. The number of carbonyl (C=O) groups is 1. The number of carbonyl (C=O) groups excluding carboxylic acids is 1. The first-order valence-electron chi connectivity index (χ1n) is 7.09. The lowest BCUT2D eigenvalue weighted by Gasteiger charge is -2.10. The Hall–Kier alpha value is -1.91. The number of hydrogen-bond donors (Lipinski definition) is 1. The largest absolute Gasteiger partial charge is 0.490 e. The SMILES string of the molecule is Cc1cc(OCC(=O)NCCOc2ccccc2Cl)ccc1Cl. The van der Waals surface area contributed by atoms with Crippen molar-refractivity contribution < 1.29 is 14.3 Å². The molecule has 4 nitrogen and oxygen atoms in total. The molecule has 0 spiro atoms. The molecular formula is C17H17Cl2NO3. The summed E-state index contributed by atoms with van der Waals surface area (Å²) in [7, 11) is 0. The molecule has 0 heterocycles. The first kappa shape index (κ1) is 17.4. The van der Waals surface area contributed by atoms with Gasteiger partial charge in [-0.05, 0) is 42.8 Å². The van der Waals surface area contributed by atoms with Gasteiger partial charge in [0, 0.05) is 5.02 Å². The summed E-state index contributed by atoms with van der Waals surface area (Å²) >= 11 is 11.9. The molecule has 0 aliphatic rings. The number of aryl methyl sites for hydroxylation is 1. The van der Waals surface area contributed by atoms with E-state index in [-0.39, 0.29) is 12.5 Å². The standard InChI is InChI=1S/C17H17Cl2NO3/c1-12-10-13(6-7-14(12)18)23-11-17(21)20-8-9-22-16-5-3-2-4-15(16)19/h2-7,10H,8-9,11H2,1H3,(H,20,21). The molecule has 122 valence electrons. The van der Waals surface area contributed by atoms with Crippen molar-refractivity contribution in [3.8, 4) is 11.5 Å². The lowest BCUT2D eigenvalue weighted by atomic mass is 10.2. The second-order valence-corrected chi connectivity index (χ2v) is 5.64. The Bertz CT molecular complexity index is 677. The van der Waals surface area contributed by atoms with Gasteiger partial charge in [-0.15, -0.1) is 0 Å². The number of ether oxygens (including phenoxy) is 2. The van der Waals surface area contributed by atoms with E-state index in [1.807, 2.05) is 19.1 Å². The van der Waals surface area contributed by atoms with Crippen LogP contribution in [0.3, 0.4) is 0 Å². The van der Waals surface area contributed by atoms with E-state index in [0.717, 1.165) is 5.56 Å². The van der Waals surface area contributed by atoms with Gasteiger partial charge in [0.1, 0.15) is 18.1 Å². The normalized spacial score (nSPS) is 10.2. The number of benzene rings is 2. The molecule has 0 unspecified atom stereocenters. The third-order valence-electron chi connectivity index (χ3n) is 3.02. The fraction of sp³-hybridized carbons (Fsp3) is 0.235. The molecule has 2 aromatic carbocycles. The van der Waals surface area contributed by atoms with Gasteiger partial charge in [0.25, 0.3) is 5.91 Å². The molecule has 2 rings (SSSR count). The zero-order valence-electron chi connectivity index (χ0n) is 12.6. The third-order valence-corrected chi connectivity index (χ3v) is 3.75. The number of para-hydroxylation sites is 1. The van der Waals surface area contributed by atoms with Crippen LogP contribution in [-0.4, -0.2) is 25.7 Å². The Labute approximate surface area is 145 Å². The minimum atomic E-state index is -0.222. The molecule has 0 radical (unpaired) electrons. The van der Waals surface area contributed by atoms with Crippen molar-refractivity contribution in [2.75, 3.05) is 19.8 Å². The molecule has 23 heavy (non-hydrogen) atoms. The molecule has 0 fully saturated rings. The Morgan fingerprint density at radius 1 is 1.09 bits per heavy atom. The van der Waals surface area contributed by atoms with E-state index in [1.54, 1.807) is 30.3 Å². The van der Waals surface area contributed by atoms with Gasteiger partial charge >= 0.3 is 0 Å². The van der Waals surface area contributed by atoms with E-state index in [1.165, 1.54) is 0 Å². The minimum absolute atomic E-state index is 0.0623. The third kappa shape index (κ3) is 5.66. The molecule has 0 aromatic heterocycles. The van der Waals surface area contributed by atoms with Crippen molar-refractivity contribution in [3.63, 3.8) is 0 Å². The molecular weight excluding hydrogens is 337 g/mol. The van der Waals surface area contributed by atoms with Crippen LogP contribution in [0.2, 0.25) is 10.0 Å². The van der Waals surface area contributed by atoms with Crippen molar-refractivity contribution in [3.05, 3.63) is 58.1 Å². The first-order valence-corrected chi connectivity index (χ1v) is 7.85. The van der Waals surface area contributed by atoms with Gasteiger partial charge < -0.3 is 14.8 Å². The Morgan fingerprint density at radius 3 is 2.61 bits per heavy atom. The van der Waals surface area contributed by atoms with Crippen molar-refractivity contribution in [2.45, 2.75) is 6.92 Å². The van der Waals surface area contributed by atoms with Crippen LogP contribution < -0.4 is 14.8 Å². The van der Waals surface area contributed by atoms with Crippen molar-refractivity contribution in [1.29, 1.82) is 0 Å². The number of amides is 1. The van der Waals surface area contributed by atoms with Crippen LogP contribution in [0, 0.1) is 6.92 Å². The highest BCUT2D eigenvalue weighted by molar-refractivity contribution is 6.32. The Morgan fingerprint density at radius 2 is 1.87 bits per heavy atom. The Balaban J connectivity index is 1.67. The summed E-state index contributed by atoms with van der Waals surface area (Å²) in [6, 6.07) is 12.4. The molecule has 0 atom stereocenters. The fourth-order valence-electron chi connectivity index (χ4n) is 1.82. The highest BCUT2D eigenvalue weighted by Gasteiger charge is 2.04. The van der Waals surface area contributed by atoms with E-state index in [2.05, 4.69) is 5.32 Å². The maximum atomic E-state index is 11.7. The summed E-state index contributed by atoms with van der Waals surface area (Å²) in [5, 5.41) is 3.92. The summed E-state index contributed by atoms with van der Waals surface area (Å²) in [6.07, 6.45) is 0. The molecule has 0 bridgehead atoms. The van der Waals surface area contributed by atoms with E-state index < -0.39 is 0 Å². The maximum absolute atomic E-state index is 11.7. The predicted octanol–water partition coefficient (Wildman–Crippen LogP) is 3.88. The monoisotopic (exact) mass is 353 g/mol. The molecule has 0 saturated heterocycles. The van der Waals surface area contributed by atoms with E-state index in [9.17, 15) is 4.79 Å². The van der Waals surface area contributed by atoms with Crippen LogP contribution in [-0.2, 0) is 4.79 Å². The van der Waals surface area contributed by atoms with Crippen LogP contribution in [0.4, 0.5) is 0 Å². The van der Waals surface area contributed by atoms with Crippen molar-refractivity contribution in [2.24, 2.45) is 0 Å². The summed E-state index contributed by atoms with van der Waals surface area (Å²) in [5.41, 5.74) is 0.901. The van der Waals surface area contributed by atoms with E-state index in [0.29, 0.717) is 34.7 Å². The molecule has 1 N–H and O–H groups in total. The topological polar surface area (TPSA) is 47.6 Å². The average Bonchev–Trinajstić information content (AvgIpc) is 2.54. The van der Waals surface area contributed by atoms with Gasteiger partial charge in [-0.3, -0.25) is 4.79 Å². The molecule has 0 aliphatic heterocycles. The van der Waals surface area contributed by atoms with Crippen LogP contribution in [0.25, 0.3) is 0 Å². The predicted molar refractivity (Wildman–Crippen MR) is 91.6 cm³/mol. The average molecular weight is 354 g/mol. The summed E-state index contributed by atoms with van der Waals surface area (Å²) in [6.45, 7) is 2.51. The van der Waals surface area contributed by atoms with Gasteiger partial charge in [-0.1, -0.05) is 35.3 Å². The fourth-order valence-corrected chi connectivity index (χ4v) is 2.13. The lowest BCUT2D eigenvalue weighted by molar-refractivity contribution is -0.123. The Kier molecular flexibility index (Phi) is 6.56. The highest BCUT2D eigenvalue weighted by atomic mass is 35.5. The van der Waals surface area contributed by atoms with Crippen molar-refractivity contribution >= 4 is 29.1 Å². The molecule has 0 saturated carbocycles. The van der Waals surface area contributed by atoms with Crippen molar-refractivity contribution in [1.82, 2.24) is 5.32 Å². The van der Waals surface area contributed by atoms with Crippen LogP contribution >= 0.6 is 23.2 Å². The quantitative estimate of drug-likeness (QED) is 0.768. The minimum Gasteiger partial charge on any atom is -0.490 e. The number of hydrogen-bond acceptors (Lipinski definition) is 3. The van der Waals surface area contributed by atoms with Gasteiger partial charge in [0.05, 0.1) is 11.6 Å². The van der Waals surface area contributed by atoms with Gasteiger partial charge in [0.2, 0.25) is 0 Å². The van der Waals surface area contributed by atoms with Gasteiger partial charge in [0.15, 0.2) is 6.61 Å². The van der Waals surface area contributed by atoms with Crippen LogP contribution in [0.1, 0.15) is 5.56 Å². The maximum Gasteiger partial charge on any atom is 0.258 e. The molecule has 2 aromatic rings. The first-order chi connectivity index (χ1) is 11.1. The number of nitrogens with one attached hydrogen (secondary N) is 1. The van der Waals surface area contributed by atoms with E-state index in [4.69, 9.17) is 32.7 Å². The second kappa shape index (κ2) is 8.65. The van der Waals surface area contributed by atoms with Crippen LogP contribution in [0.15, 0.2) is 42.5 Å². The number of halogens is 2.